The number of carbonyl (C=O) groups excluding carboxylic acids is 1. The van der Waals surface area contributed by atoms with Gasteiger partial charge < -0.3 is 5.32 Å². The molecule has 0 bridgehead atoms. The number of sulfonamides is 1. The zero-order chi connectivity index (χ0) is 15.6. The van der Waals surface area contributed by atoms with Gasteiger partial charge in [-0.05, 0) is 30.4 Å². The van der Waals surface area contributed by atoms with Gasteiger partial charge in [0.05, 0.1) is 6.26 Å². The molecule has 1 aromatic rings. The second kappa shape index (κ2) is 6.15. The standard InChI is InChI=1S/C15H22N2O3S/c1-11(2)12-7-4-5-8-13(12)16-15(18)14-9-6-10-17(14)21(3,19)20/h4-5,7-8,11,14H,6,9-10H2,1-3H3,(H,16,18). The molecule has 21 heavy (non-hydrogen) atoms. The number of nitrogens with one attached hydrogen (secondary N) is 1. The van der Waals surface area contributed by atoms with Crippen molar-refractivity contribution in [2.24, 2.45) is 0 Å². The van der Waals surface area contributed by atoms with Crippen molar-refractivity contribution in [3.63, 3.8) is 0 Å². The van der Waals surface area contributed by atoms with Crippen LogP contribution in [-0.2, 0) is 14.8 Å². The van der Waals surface area contributed by atoms with Gasteiger partial charge in [0.2, 0.25) is 15.9 Å². The van der Waals surface area contributed by atoms with Crippen LogP contribution in [0.1, 0.15) is 38.2 Å². The average molecular weight is 310 g/mol. The molecule has 1 heterocycles. The lowest BCUT2D eigenvalue weighted by Crippen LogP contribution is -2.42. The number of rotatable bonds is 4. The Labute approximate surface area is 126 Å². The summed E-state index contributed by atoms with van der Waals surface area (Å²) in [5.74, 6) is 0.0436. The minimum Gasteiger partial charge on any atom is -0.324 e. The fourth-order valence-electron chi connectivity index (χ4n) is 2.73. The molecule has 1 aromatic carbocycles. The first kappa shape index (κ1) is 16.0. The maximum atomic E-state index is 12.4. The van der Waals surface area contributed by atoms with E-state index in [4.69, 9.17) is 0 Å². The number of benzene rings is 1. The molecule has 0 aliphatic carbocycles. The molecule has 1 saturated heterocycles. The van der Waals surface area contributed by atoms with Crippen molar-refractivity contribution in [2.45, 2.75) is 38.6 Å². The molecule has 1 amide bonds. The molecule has 1 aliphatic heterocycles. The maximum absolute atomic E-state index is 12.4. The molecule has 116 valence electrons. The summed E-state index contributed by atoms with van der Waals surface area (Å²) in [5, 5.41) is 2.89. The van der Waals surface area contributed by atoms with E-state index in [9.17, 15) is 13.2 Å². The summed E-state index contributed by atoms with van der Waals surface area (Å²) in [7, 11) is -3.34. The highest BCUT2D eigenvalue weighted by molar-refractivity contribution is 7.88. The van der Waals surface area contributed by atoms with Gasteiger partial charge in [0.25, 0.3) is 0 Å². The Kier molecular flexibility index (Phi) is 4.68. The largest absolute Gasteiger partial charge is 0.324 e. The predicted octanol–water partition coefficient (Wildman–Crippen LogP) is 2.17. The molecule has 6 heteroatoms. The van der Waals surface area contributed by atoms with Gasteiger partial charge in [-0.25, -0.2) is 8.42 Å². The summed E-state index contributed by atoms with van der Waals surface area (Å²) >= 11 is 0. The molecule has 0 saturated carbocycles. The molecule has 0 aromatic heterocycles. The maximum Gasteiger partial charge on any atom is 0.242 e. The number of nitrogens with zero attached hydrogens (tertiary/aromatic N) is 1. The Morgan fingerprint density at radius 3 is 2.62 bits per heavy atom. The number of amides is 1. The van der Waals surface area contributed by atoms with E-state index in [1.807, 2.05) is 24.3 Å². The van der Waals surface area contributed by atoms with Gasteiger partial charge in [0.15, 0.2) is 0 Å². The van der Waals surface area contributed by atoms with Gasteiger partial charge in [0.1, 0.15) is 6.04 Å². The van der Waals surface area contributed by atoms with Crippen LogP contribution < -0.4 is 5.32 Å². The highest BCUT2D eigenvalue weighted by Gasteiger charge is 2.36. The number of para-hydroxylation sites is 1. The summed E-state index contributed by atoms with van der Waals surface area (Å²) in [6.07, 6.45) is 2.44. The third kappa shape index (κ3) is 3.63. The van der Waals surface area contributed by atoms with Gasteiger partial charge in [-0.1, -0.05) is 32.0 Å². The summed E-state index contributed by atoms with van der Waals surface area (Å²) in [6, 6.07) is 7.03. The van der Waals surface area contributed by atoms with Crippen molar-refractivity contribution >= 4 is 21.6 Å². The van der Waals surface area contributed by atoms with Crippen LogP contribution in [0.3, 0.4) is 0 Å². The van der Waals surface area contributed by atoms with Crippen LogP contribution in [-0.4, -0.2) is 37.5 Å². The lowest BCUT2D eigenvalue weighted by Gasteiger charge is -2.22. The molecule has 1 N–H and O–H groups in total. The molecule has 1 atom stereocenters. The SMILES string of the molecule is CC(C)c1ccccc1NC(=O)C1CCCN1S(C)(=O)=O. The predicted molar refractivity (Wildman–Crippen MR) is 83.7 cm³/mol. The van der Waals surface area contributed by atoms with Crippen molar-refractivity contribution < 1.29 is 13.2 Å². The first-order valence-electron chi connectivity index (χ1n) is 7.17. The van der Waals surface area contributed by atoms with Crippen molar-refractivity contribution in [3.05, 3.63) is 29.8 Å². The molecule has 1 unspecified atom stereocenters. The van der Waals surface area contributed by atoms with E-state index < -0.39 is 16.1 Å². The lowest BCUT2D eigenvalue weighted by molar-refractivity contribution is -0.119. The van der Waals surface area contributed by atoms with Gasteiger partial charge in [-0.2, -0.15) is 4.31 Å². The van der Waals surface area contributed by atoms with Crippen LogP contribution in [0.2, 0.25) is 0 Å². The Morgan fingerprint density at radius 2 is 2.00 bits per heavy atom. The van der Waals surface area contributed by atoms with Crippen molar-refractivity contribution in [3.8, 4) is 0 Å². The third-order valence-corrected chi connectivity index (χ3v) is 5.06. The van der Waals surface area contributed by atoms with Crippen LogP contribution >= 0.6 is 0 Å². The first-order valence-corrected chi connectivity index (χ1v) is 9.02. The number of hydrogen-bond acceptors (Lipinski definition) is 3. The summed E-state index contributed by atoms with van der Waals surface area (Å²) < 4.78 is 24.7. The molecule has 0 radical (unpaired) electrons. The van der Waals surface area contributed by atoms with Crippen molar-refractivity contribution in [2.75, 3.05) is 18.1 Å². The van der Waals surface area contributed by atoms with E-state index in [2.05, 4.69) is 19.2 Å². The second-order valence-corrected chi connectivity index (χ2v) is 7.70. The Bertz CT molecular complexity index is 626. The highest BCUT2D eigenvalue weighted by Crippen LogP contribution is 2.26. The fraction of sp³-hybridized carbons (Fsp3) is 0.533. The summed E-state index contributed by atoms with van der Waals surface area (Å²) in [4.78, 5) is 12.4. The number of anilines is 1. The van der Waals surface area contributed by atoms with Gasteiger partial charge >= 0.3 is 0 Å². The first-order chi connectivity index (χ1) is 9.80. The van der Waals surface area contributed by atoms with Crippen LogP contribution in [0.4, 0.5) is 5.69 Å². The topological polar surface area (TPSA) is 66.5 Å². The molecular formula is C15H22N2O3S. The molecule has 5 nitrogen and oxygen atoms in total. The number of carbonyl (C=O) groups is 1. The third-order valence-electron chi connectivity index (χ3n) is 3.77. The molecular weight excluding hydrogens is 288 g/mol. The minimum absolute atomic E-state index is 0.244. The van der Waals surface area contributed by atoms with Crippen molar-refractivity contribution in [1.82, 2.24) is 4.31 Å². The van der Waals surface area contributed by atoms with Crippen molar-refractivity contribution in [1.29, 1.82) is 0 Å². The summed E-state index contributed by atoms with van der Waals surface area (Å²) in [6.45, 7) is 4.54. The van der Waals surface area contributed by atoms with E-state index in [0.717, 1.165) is 23.9 Å². The zero-order valence-electron chi connectivity index (χ0n) is 12.7. The highest BCUT2D eigenvalue weighted by atomic mass is 32.2. The van der Waals surface area contributed by atoms with E-state index in [1.165, 1.54) is 4.31 Å². The Hall–Kier alpha value is -1.40. The monoisotopic (exact) mass is 310 g/mol. The quantitative estimate of drug-likeness (QED) is 0.927. The normalized spacial score (nSPS) is 19.9. The van der Waals surface area contributed by atoms with E-state index in [-0.39, 0.29) is 11.8 Å². The molecule has 2 rings (SSSR count). The van der Waals surface area contributed by atoms with Crippen LogP contribution in [0.25, 0.3) is 0 Å². The average Bonchev–Trinajstić information content (AvgIpc) is 2.88. The van der Waals surface area contributed by atoms with Crippen LogP contribution in [0, 0.1) is 0 Å². The lowest BCUT2D eigenvalue weighted by atomic mass is 10.0. The van der Waals surface area contributed by atoms with E-state index in [1.54, 1.807) is 0 Å². The zero-order valence-corrected chi connectivity index (χ0v) is 13.5. The van der Waals surface area contributed by atoms with Gasteiger partial charge in [-0.15, -0.1) is 0 Å². The Balaban J connectivity index is 2.19. The molecule has 1 aliphatic rings. The van der Waals surface area contributed by atoms with E-state index >= 15 is 0 Å². The molecule has 1 fully saturated rings. The summed E-state index contributed by atoms with van der Waals surface area (Å²) in [5.41, 5.74) is 1.81. The van der Waals surface area contributed by atoms with Gasteiger partial charge in [0, 0.05) is 12.2 Å². The van der Waals surface area contributed by atoms with E-state index in [0.29, 0.717) is 13.0 Å². The second-order valence-electron chi connectivity index (χ2n) is 5.76. The number of hydrogen-bond donors (Lipinski definition) is 1. The smallest absolute Gasteiger partial charge is 0.242 e. The van der Waals surface area contributed by atoms with Gasteiger partial charge in [-0.3, -0.25) is 4.79 Å². The van der Waals surface area contributed by atoms with Crippen LogP contribution in [0.15, 0.2) is 24.3 Å². The minimum atomic E-state index is -3.34. The van der Waals surface area contributed by atoms with Crippen LogP contribution in [0.5, 0.6) is 0 Å². The molecule has 0 spiro atoms. The Morgan fingerprint density at radius 1 is 1.33 bits per heavy atom. The fourth-order valence-corrected chi connectivity index (χ4v) is 3.85.